The smallest absolute Gasteiger partial charge is 0.242 e. The summed E-state index contributed by atoms with van der Waals surface area (Å²) in [5.74, 6) is -0.0977. The van der Waals surface area contributed by atoms with Crippen LogP contribution in [0.1, 0.15) is 18.1 Å². The lowest BCUT2D eigenvalue weighted by Gasteiger charge is -2.34. The molecule has 2 rings (SSSR count). The van der Waals surface area contributed by atoms with Gasteiger partial charge in [-0.05, 0) is 19.0 Å². The monoisotopic (exact) mass is 303 g/mol. The fourth-order valence-electron chi connectivity index (χ4n) is 2.67. The first-order valence-corrected chi connectivity index (χ1v) is 7.91. The van der Waals surface area contributed by atoms with Gasteiger partial charge in [-0.2, -0.15) is 0 Å². The van der Waals surface area contributed by atoms with Gasteiger partial charge in [0.25, 0.3) is 0 Å². The topological polar surface area (TPSA) is 52.6 Å². The Morgan fingerprint density at radius 2 is 1.91 bits per heavy atom. The SMILES string of the molecule is CCN1CCN(C(=O)CNC(=O)Cc2cccc(C)c2)CC1. The minimum atomic E-state index is -0.105. The summed E-state index contributed by atoms with van der Waals surface area (Å²) in [7, 11) is 0. The van der Waals surface area contributed by atoms with Crippen molar-refractivity contribution in [3.8, 4) is 0 Å². The Hall–Kier alpha value is -1.88. The highest BCUT2D eigenvalue weighted by Gasteiger charge is 2.20. The number of carbonyl (C=O) groups is 2. The van der Waals surface area contributed by atoms with Gasteiger partial charge in [-0.25, -0.2) is 0 Å². The maximum atomic E-state index is 12.1. The van der Waals surface area contributed by atoms with Crippen LogP contribution in [0.3, 0.4) is 0 Å². The zero-order chi connectivity index (χ0) is 15.9. The van der Waals surface area contributed by atoms with E-state index in [1.54, 1.807) is 0 Å². The van der Waals surface area contributed by atoms with Crippen molar-refractivity contribution in [3.63, 3.8) is 0 Å². The molecule has 22 heavy (non-hydrogen) atoms. The number of carbonyl (C=O) groups excluding carboxylic acids is 2. The molecular weight excluding hydrogens is 278 g/mol. The van der Waals surface area contributed by atoms with Crippen LogP contribution in [-0.2, 0) is 16.0 Å². The van der Waals surface area contributed by atoms with Gasteiger partial charge >= 0.3 is 0 Å². The quantitative estimate of drug-likeness (QED) is 0.876. The van der Waals surface area contributed by atoms with Crippen LogP contribution >= 0.6 is 0 Å². The molecule has 0 radical (unpaired) electrons. The summed E-state index contributed by atoms with van der Waals surface area (Å²) in [6, 6.07) is 7.86. The van der Waals surface area contributed by atoms with Crippen molar-refractivity contribution in [2.45, 2.75) is 20.3 Å². The molecule has 120 valence electrons. The molecular formula is C17H25N3O2. The average Bonchev–Trinajstić information content (AvgIpc) is 2.52. The van der Waals surface area contributed by atoms with Crippen LogP contribution in [0.15, 0.2) is 24.3 Å². The second kappa shape index (κ2) is 7.94. The fraction of sp³-hybridized carbons (Fsp3) is 0.529. The zero-order valence-corrected chi connectivity index (χ0v) is 13.5. The molecule has 1 saturated heterocycles. The minimum Gasteiger partial charge on any atom is -0.347 e. The molecule has 5 heteroatoms. The Balaban J connectivity index is 1.73. The number of piperazine rings is 1. The number of hydrogen-bond acceptors (Lipinski definition) is 3. The third kappa shape index (κ3) is 4.84. The van der Waals surface area contributed by atoms with E-state index in [4.69, 9.17) is 0 Å². The molecule has 0 spiro atoms. The lowest BCUT2D eigenvalue weighted by atomic mass is 10.1. The molecule has 0 saturated carbocycles. The van der Waals surface area contributed by atoms with Gasteiger partial charge in [0.2, 0.25) is 11.8 Å². The van der Waals surface area contributed by atoms with Crippen LogP contribution in [-0.4, -0.2) is 60.9 Å². The predicted molar refractivity (Wildman–Crippen MR) is 86.6 cm³/mol. The standard InChI is InChI=1S/C17H25N3O2/c1-3-19-7-9-20(10-8-19)17(22)13-18-16(21)12-15-6-4-5-14(2)11-15/h4-6,11H,3,7-10,12-13H2,1-2H3,(H,18,21). The van der Waals surface area contributed by atoms with Crippen molar-refractivity contribution in [2.75, 3.05) is 39.3 Å². The number of nitrogens with one attached hydrogen (secondary N) is 1. The lowest BCUT2D eigenvalue weighted by molar-refractivity contribution is -0.134. The first kappa shape index (κ1) is 16.5. The molecule has 1 heterocycles. The first-order valence-electron chi connectivity index (χ1n) is 7.91. The molecule has 1 aliphatic heterocycles. The average molecular weight is 303 g/mol. The van der Waals surface area contributed by atoms with Crippen molar-refractivity contribution in [1.82, 2.24) is 15.1 Å². The molecule has 0 bridgehead atoms. The predicted octanol–water partition coefficient (Wildman–Crippen LogP) is 0.818. The van der Waals surface area contributed by atoms with Crippen LogP contribution in [0.4, 0.5) is 0 Å². The number of amides is 2. The van der Waals surface area contributed by atoms with Crippen LogP contribution < -0.4 is 5.32 Å². The van der Waals surface area contributed by atoms with E-state index in [0.717, 1.165) is 43.9 Å². The minimum absolute atomic E-state index is 0.00773. The summed E-state index contributed by atoms with van der Waals surface area (Å²) < 4.78 is 0. The molecule has 1 N–H and O–H groups in total. The van der Waals surface area contributed by atoms with Crippen LogP contribution in [0, 0.1) is 6.92 Å². The fourth-order valence-corrected chi connectivity index (χ4v) is 2.67. The number of hydrogen-bond donors (Lipinski definition) is 1. The first-order chi connectivity index (χ1) is 10.6. The van der Waals surface area contributed by atoms with Crippen molar-refractivity contribution in [2.24, 2.45) is 0 Å². The van der Waals surface area contributed by atoms with Gasteiger partial charge < -0.3 is 15.1 Å². The van der Waals surface area contributed by atoms with Gasteiger partial charge in [-0.3, -0.25) is 9.59 Å². The highest BCUT2D eigenvalue weighted by atomic mass is 16.2. The number of benzene rings is 1. The van der Waals surface area contributed by atoms with E-state index in [1.807, 2.05) is 36.1 Å². The molecule has 1 aromatic rings. The van der Waals surface area contributed by atoms with Crippen LogP contribution in [0.2, 0.25) is 0 Å². The maximum absolute atomic E-state index is 12.1. The second-order valence-electron chi connectivity index (χ2n) is 5.76. The van der Waals surface area contributed by atoms with E-state index in [1.165, 1.54) is 0 Å². The van der Waals surface area contributed by atoms with Gasteiger partial charge in [0.05, 0.1) is 13.0 Å². The molecule has 0 atom stereocenters. The highest BCUT2D eigenvalue weighted by molar-refractivity contribution is 5.85. The van der Waals surface area contributed by atoms with E-state index < -0.39 is 0 Å². The van der Waals surface area contributed by atoms with E-state index in [0.29, 0.717) is 6.42 Å². The molecule has 0 aliphatic carbocycles. The Labute approximate surface area is 132 Å². The molecule has 1 aliphatic rings. The maximum Gasteiger partial charge on any atom is 0.242 e. The van der Waals surface area contributed by atoms with Crippen molar-refractivity contribution < 1.29 is 9.59 Å². The van der Waals surface area contributed by atoms with Crippen LogP contribution in [0.25, 0.3) is 0 Å². The Morgan fingerprint density at radius 1 is 1.18 bits per heavy atom. The van der Waals surface area contributed by atoms with Crippen molar-refractivity contribution >= 4 is 11.8 Å². The number of rotatable bonds is 5. The van der Waals surface area contributed by atoms with E-state index >= 15 is 0 Å². The summed E-state index contributed by atoms with van der Waals surface area (Å²) in [5, 5.41) is 2.73. The van der Waals surface area contributed by atoms with E-state index in [2.05, 4.69) is 17.1 Å². The van der Waals surface area contributed by atoms with Crippen molar-refractivity contribution in [3.05, 3.63) is 35.4 Å². The molecule has 2 amide bonds. The number of nitrogens with zero attached hydrogens (tertiary/aromatic N) is 2. The van der Waals surface area contributed by atoms with Gasteiger partial charge in [-0.15, -0.1) is 0 Å². The summed E-state index contributed by atoms with van der Waals surface area (Å²) in [4.78, 5) is 28.2. The summed E-state index contributed by atoms with van der Waals surface area (Å²) in [5.41, 5.74) is 2.11. The number of likely N-dealkylation sites (N-methyl/N-ethyl adjacent to an activating group) is 1. The highest BCUT2D eigenvalue weighted by Crippen LogP contribution is 2.05. The zero-order valence-electron chi connectivity index (χ0n) is 13.5. The van der Waals surface area contributed by atoms with Crippen molar-refractivity contribution in [1.29, 1.82) is 0 Å². The van der Waals surface area contributed by atoms with Gasteiger partial charge in [0.1, 0.15) is 0 Å². The number of aryl methyl sites for hydroxylation is 1. The summed E-state index contributed by atoms with van der Waals surface area (Å²) >= 11 is 0. The van der Waals surface area contributed by atoms with E-state index in [9.17, 15) is 9.59 Å². The largest absolute Gasteiger partial charge is 0.347 e. The van der Waals surface area contributed by atoms with Gasteiger partial charge in [0, 0.05) is 26.2 Å². The third-order valence-electron chi connectivity index (χ3n) is 4.06. The van der Waals surface area contributed by atoms with Crippen LogP contribution in [0.5, 0.6) is 0 Å². The van der Waals surface area contributed by atoms with Gasteiger partial charge in [-0.1, -0.05) is 36.8 Å². The Morgan fingerprint density at radius 3 is 2.55 bits per heavy atom. The molecule has 1 fully saturated rings. The molecule has 0 aromatic heterocycles. The molecule has 0 unspecified atom stereocenters. The Kier molecular flexibility index (Phi) is 5.95. The van der Waals surface area contributed by atoms with Gasteiger partial charge in [0.15, 0.2) is 0 Å². The second-order valence-corrected chi connectivity index (χ2v) is 5.76. The summed E-state index contributed by atoms with van der Waals surface area (Å²) in [6.45, 7) is 8.58. The normalized spacial score (nSPS) is 15.6. The lowest BCUT2D eigenvalue weighted by Crippen LogP contribution is -2.51. The third-order valence-corrected chi connectivity index (χ3v) is 4.06. The molecule has 5 nitrogen and oxygen atoms in total. The van der Waals surface area contributed by atoms with E-state index in [-0.39, 0.29) is 18.4 Å². The molecule has 1 aromatic carbocycles. The Bertz CT molecular complexity index is 522. The summed E-state index contributed by atoms with van der Waals surface area (Å²) in [6.07, 6.45) is 0.318.